The van der Waals surface area contributed by atoms with Gasteiger partial charge in [-0.15, -0.1) is 0 Å². The van der Waals surface area contributed by atoms with Crippen LogP contribution in [-0.2, 0) is 31.9 Å². The van der Waals surface area contributed by atoms with E-state index in [9.17, 15) is 29.8 Å². The van der Waals surface area contributed by atoms with Crippen LogP contribution in [0.5, 0.6) is 0 Å². The normalized spacial score (nSPS) is 13.3. The molecule has 0 radical (unpaired) electrons. The fourth-order valence-electron chi connectivity index (χ4n) is 3.25. The Kier molecular flexibility index (Phi) is 10.6. The number of ether oxygens (including phenoxy) is 2. The first-order valence-corrected chi connectivity index (χ1v) is 11.3. The van der Waals surface area contributed by atoms with Crippen molar-refractivity contribution in [1.29, 1.82) is 0 Å². The van der Waals surface area contributed by atoms with Crippen LogP contribution in [0.1, 0.15) is 11.1 Å². The number of likely N-dealkylation sites (N-methyl/N-ethyl adjacent to an activating group) is 1. The summed E-state index contributed by atoms with van der Waals surface area (Å²) in [6.45, 7) is 3.49. The number of pyridine rings is 2. The van der Waals surface area contributed by atoms with Crippen molar-refractivity contribution in [1.82, 2.24) is 14.9 Å². The first-order valence-electron chi connectivity index (χ1n) is 10.5. The molecule has 0 aliphatic carbocycles. The zero-order valence-electron chi connectivity index (χ0n) is 19.9. The van der Waals surface area contributed by atoms with Crippen LogP contribution in [0.4, 0.5) is 17.3 Å². The molecule has 0 amide bonds. The van der Waals surface area contributed by atoms with Gasteiger partial charge in [0.2, 0.25) is 0 Å². The average Bonchev–Trinajstić information content (AvgIpc) is 2.84. The van der Waals surface area contributed by atoms with Crippen LogP contribution in [0.25, 0.3) is 0 Å². The predicted octanol–water partition coefficient (Wildman–Crippen LogP) is 1.92. The van der Waals surface area contributed by atoms with Crippen molar-refractivity contribution in [2.24, 2.45) is 0 Å². The second-order valence-electron chi connectivity index (χ2n) is 7.62. The van der Waals surface area contributed by atoms with Crippen LogP contribution in [0, 0.1) is 20.2 Å². The van der Waals surface area contributed by atoms with E-state index >= 15 is 0 Å². The van der Waals surface area contributed by atoms with Crippen LogP contribution in [0.3, 0.4) is 0 Å². The number of hydrogen-bond acceptors (Lipinski definition) is 12. The zero-order valence-corrected chi connectivity index (χ0v) is 21.5. The van der Waals surface area contributed by atoms with Crippen LogP contribution in [0.15, 0.2) is 29.0 Å². The van der Waals surface area contributed by atoms with Crippen molar-refractivity contribution < 1.29 is 28.9 Å². The molecule has 0 bridgehead atoms. The van der Waals surface area contributed by atoms with E-state index in [1.807, 2.05) is 7.05 Å². The monoisotopic (exact) mass is 568 g/mol. The fraction of sp³-hybridized carbons (Fsp3) is 0.429. The standard InChI is InChI=1S/C13H18N4O4.C8H7BrN2O4/c1-15-3-5-16(6-4-15)11-7-10(8-12(18)21-2)13(14-9-11)17(19)20;1-15-7(12)3-5-2-6(9)4-10-8(5)11(13)14/h7,9H,3-6,8H2,1-2H3;2,4H,3H2,1H3. The molecule has 1 aliphatic rings. The summed E-state index contributed by atoms with van der Waals surface area (Å²) in [7, 11) is 4.53. The lowest BCUT2D eigenvalue weighted by Gasteiger charge is -2.33. The zero-order chi connectivity index (χ0) is 26.8. The lowest BCUT2D eigenvalue weighted by atomic mass is 10.1. The van der Waals surface area contributed by atoms with E-state index in [-0.39, 0.29) is 35.6 Å². The van der Waals surface area contributed by atoms with Gasteiger partial charge in [-0.1, -0.05) is 0 Å². The van der Waals surface area contributed by atoms with E-state index in [1.54, 1.807) is 6.07 Å². The number of nitro groups is 2. The Balaban J connectivity index is 0.000000269. The number of rotatable bonds is 7. The van der Waals surface area contributed by atoms with Gasteiger partial charge in [-0.3, -0.25) is 9.59 Å². The summed E-state index contributed by atoms with van der Waals surface area (Å²) in [5.41, 5.74) is 1.30. The molecule has 2 aromatic rings. The van der Waals surface area contributed by atoms with Crippen molar-refractivity contribution in [3.05, 3.63) is 60.4 Å². The van der Waals surface area contributed by atoms with E-state index in [4.69, 9.17) is 0 Å². The number of anilines is 1. The molecular weight excluding hydrogens is 544 g/mol. The summed E-state index contributed by atoms with van der Waals surface area (Å²) < 4.78 is 9.58. The van der Waals surface area contributed by atoms with E-state index in [2.05, 4.69) is 45.2 Å². The van der Waals surface area contributed by atoms with Gasteiger partial charge in [0.25, 0.3) is 0 Å². The highest BCUT2D eigenvalue weighted by molar-refractivity contribution is 9.10. The van der Waals surface area contributed by atoms with Gasteiger partial charge >= 0.3 is 23.6 Å². The minimum Gasteiger partial charge on any atom is -0.469 e. The predicted molar refractivity (Wildman–Crippen MR) is 131 cm³/mol. The van der Waals surface area contributed by atoms with Crippen LogP contribution in [-0.4, -0.2) is 84.1 Å². The minimum absolute atomic E-state index is 0.151. The molecule has 0 unspecified atom stereocenters. The maximum Gasteiger partial charge on any atom is 0.367 e. The summed E-state index contributed by atoms with van der Waals surface area (Å²) in [6.07, 6.45) is 2.48. The molecule has 15 heteroatoms. The third kappa shape index (κ3) is 8.20. The quantitative estimate of drug-likeness (QED) is 0.270. The van der Waals surface area contributed by atoms with Crippen molar-refractivity contribution in [2.45, 2.75) is 12.8 Å². The first kappa shape index (κ1) is 28.5. The molecule has 0 spiro atoms. The lowest BCUT2D eigenvalue weighted by molar-refractivity contribution is -0.390. The number of halogens is 1. The Hall–Kier alpha value is -3.72. The summed E-state index contributed by atoms with van der Waals surface area (Å²) >= 11 is 3.12. The molecule has 1 aliphatic heterocycles. The van der Waals surface area contributed by atoms with Gasteiger partial charge in [-0.2, -0.15) is 0 Å². The first-order chi connectivity index (χ1) is 17.0. The Morgan fingerprint density at radius 1 is 0.917 bits per heavy atom. The number of esters is 2. The summed E-state index contributed by atoms with van der Waals surface area (Å²) in [6, 6.07) is 3.13. The van der Waals surface area contributed by atoms with E-state index < -0.39 is 21.8 Å². The molecule has 3 heterocycles. The number of hydrogen-bond donors (Lipinski definition) is 0. The van der Waals surface area contributed by atoms with Crippen molar-refractivity contribution >= 4 is 45.2 Å². The van der Waals surface area contributed by atoms with Gasteiger partial charge < -0.3 is 39.5 Å². The van der Waals surface area contributed by atoms with Crippen LogP contribution >= 0.6 is 15.9 Å². The average molecular weight is 569 g/mol. The second kappa shape index (κ2) is 13.4. The van der Waals surface area contributed by atoms with Gasteiger partial charge in [0, 0.05) is 26.2 Å². The number of carbonyl (C=O) groups is 2. The molecule has 36 heavy (non-hydrogen) atoms. The van der Waals surface area contributed by atoms with Gasteiger partial charge in [0.1, 0.15) is 0 Å². The Morgan fingerprint density at radius 3 is 1.86 bits per heavy atom. The van der Waals surface area contributed by atoms with Gasteiger partial charge in [-0.05, 0) is 54.9 Å². The number of carbonyl (C=O) groups excluding carboxylic acids is 2. The largest absolute Gasteiger partial charge is 0.469 e. The summed E-state index contributed by atoms with van der Waals surface area (Å²) in [5, 5.41) is 21.6. The van der Waals surface area contributed by atoms with Gasteiger partial charge in [0.05, 0.1) is 48.3 Å². The van der Waals surface area contributed by atoms with E-state index in [0.29, 0.717) is 4.47 Å². The number of piperazine rings is 1. The molecule has 1 fully saturated rings. The van der Waals surface area contributed by atoms with E-state index in [0.717, 1.165) is 31.9 Å². The number of methoxy groups -OCH3 is 2. The van der Waals surface area contributed by atoms with Gasteiger partial charge in [-0.25, -0.2) is 0 Å². The molecule has 0 N–H and O–H groups in total. The Bertz CT molecular complexity index is 1120. The highest BCUT2D eigenvalue weighted by Crippen LogP contribution is 2.24. The van der Waals surface area contributed by atoms with Crippen molar-refractivity contribution in [3.8, 4) is 0 Å². The van der Waals surface area contributed by atoms with Crippen LogP contribution in [0.2, 0.25) is 0 Å². The number of nitrogens with zero attached hydrogens (tertiary/aromatic N) is 6. The third-order valence-corrected chi connectivity index (χ3v) is 5.61. The maximum atomic E-state index is 11.4. The second-order valence-corrected chi connectivity index (χ2v) is 8.54. The van der Waals surface area contributed by atoms with Crippen LogP contribution < -0.4 is 4.90 Å². The molecule has 0 aromatic carbocycles. The molecular formula is C21H25BrN6O8. The summed E-state index contributed by atoms with van der Waals surface area (Å²) in [4.78, 5) is 54.6. The Morgan fingerprint density at radius 2 is 1.39 bits per heavy atom. The van der Waals surface area contributed by atoms with Crippen molar-refractivity contribution in [2.75, 3.05) is 52.3 Å². The lowest BCUT2D eigenvalue weighted by Crippen LogP contribution is -2.44. The number of aromatic nitrogens is 2. The van der Waals surface area contributed by atoms with E-state index in [1.165, 1.54) is 32.7 Å². The fourth-order valence-corrected chi connectivity index (χ4v) is 3.63. The molecule has 1 saturated heterocycles. The smallest absolute Gasteiger partial charge is 0.367 e. The SMILES string of the molecule is COC(=O)Cc1cc(Br)cnc1[N+](=O)[O-].COC(=O)Cc1cc(N2CCN(C)CC2)cnc1[N+](=O)[O-]. The molecule has 0 saturated carbocycles. The molecule has 0 atom stereocenters. The summed E-state index contributed by atoms with van der Waals surface area (Å²) in [5.74, 6) is -1.68. The topological polar surface area (TPSA) is 171 Å². The van der Waals surface area contributed by atoms with Gasteiger partial charge in [0.15, 0.2) is 12.4 Å². The minimum atomic E-state index is -0.634. The highest BCUT2D eigenvalue weighted by Gasteiger charge is 2.23. The van der Waals surface area contributed by atoms with Crippen molar-refractivity contribution in [3.63, 3.8) is 0 Å². The molecule has 194 valence electrons. The molecule has 2 aromatic heterocycles. The third-order valence-electron chi connectivity index (χ3n) is 5.18. The molecule has 3 rings (SSSR count). The Labute approximate surface area is 214 Å². The molecule has 14 nitrogen and oxygen atoms in total. The maximum absolute atomic E-state index is 11.4. The highest BCUT2D eigenvalue weighted by atomic mass is 79.9.